The first kappa shape index (κ1) is 11.3. The van der Waals surface area contributed by atoms with Crippen LogP contribution in [0.15, 0.2) is 29.1 Å². The van der Waals surface area contributed by atoms with Gasteiger partial charge >= 0.3 is 5.97 Å². The van der Waals surface area contributed by atoms with Crippen LogP contribution in [-0.4, -0.2) is 18.1 Å². The van der Waals surface area contributed by atoms with Gasteiger partial charge in [0.05, 0.1) is 24.4 Å². The Morgan fingerprint density at radius 1 is 1.35 bits per heavy atom. The Kier molecular flexibility index (Phi) is 2.86. The van der Waals surface area contributed by atoms with E-state index in [0.29, 0.717) is 0 Å². The van der Waals surface area contributed by atoms with Gasteiger partial charge in [0.1, 0.15) is 11.6 Å². The Bertz CT molecular complexity index is 529. The van der Waals surface area contributed by atoms with Crippen molar-refractivity contribution in [2.45, 2.75) is 0 Å². The third kappa shape index (κ3) is 2.01. The third-order valence-corrected chi connectivity index (χ3v) is 2.14. The molecule has 88 valence electrons. The van der Waals surface area contributed by atoms with Crippen molar-refractivity contribution in [1.29, 1.82) is 0 Å². The quantitative estimate of drug-likeness (QED) is 0.755. The van der Waals surface area contributed by atoms with Crippen LogP contribution in [0.3, 0.4) is 0 Å². The summed E-state index contributed by atoms with van der Waals surface area (Å²) in [6.07, 6.45) is 2.24. The lowest BCUT2D eigenvalue weighted by molar-refractivity contribution is 0.0599. The summed E-state index contributed by atoms with van der Waals surface area (Å²) in [6.45, 7) is 0. The van der Waals surface area contributed by atoms with Gasteiger partial charge in [-0.05, 0) is 12.1 Å². The highest BCUT2D eigenvalue weighted by molar-refractivity contribution is 5.90. The highest BCUT2D eigenvalue weighted by Gasteiger charge is 2.18. The number of hydrogen-bond acceptors (Lipinski definition) is 4. The largest absolute Gasteiger partial charge is 0.465 e. The maximum atomic E-state index is 13.6. The van der Waals surface area contributed by atoms with Gasteiger partial charge in [0.15, 0.2) is 12.2 Å². The van der Waals surface area contributed by atoms with Gasteiger partial charge < -0.3 is 9.15 Å². The van der Waals surface area contributed by atoms with E-state index in [9.17, 15) is 13.6 Å². The summed E-state index contributed by atoms with van der Waals surface area (Å²) in [5.41, 5.74) is -0.569. The van der Waals surface area contributed by atoms with E-state index < -0.39 is 17.6 Å². The average Bonchev–Trinajstić information content (AvgIpc) is 2.80. The van der Waals surface area contributed by atoms with Crippen molar-refractivity contribution in [1.82, 2.24) is 4.98 Å². The summed E-state index contributed by atoms with van der Waals surface area (Å²) < 4.78 is 36.4. The molecule has 4 nitrogen and oxygen atoms in total. The maximum Gasteiger partial charge on any atom is 0.338 e. The van der Waals surface area contributed by atoms with E-state index in [1.165, 1.54) is 6.20 Å². The number of halogens is 2. The van der Waals surface area contributed by atoms with Crippen molar-refractivity contribution in [2.75, 3.05) is 7.11 Å². The number of methoxy groups -OCH3 is 1. The predicted octanol–water partition coefficient (Wildman–Crippen LogP) is 2.41. The maximum absolute atomic E-state index is 13.6. The molecule has 0 aliphatic heterocycles. The predicted molar refractivity (Wildman–Crippen MR) is 53.2 cm³/mol. The molecule has 0 bridgehead atoms. The number of carbonyl (C=O) groups is 1. The molecule has 0 saturated carbocycles. The van der Waals surface area contributed by atoms with E-state index >= 15 is 0 Å². The fraction of sp³-hybridized carbons (Fsp3) is 0.0909. The van der Waals surface area contributed by atoms with Crippen LogP contribution in [0.5, 0.6) is 0 Å². The molecule has 0 spiro atoms. The molecule has 0 amide bonds. The Morgan fingerprint density at radius 3 is 2.47 bits per heavy atom. The summed E-state index contributed by atoms with van der Waals surface area (Å²) in [5.74, 6) is -2.69. The fourth-order valence-electron chi connectivity index (χ4n) is 1.38. The molecule has 0 unspecified atom stereocenters. The Balaban J connectivity index is 2.54. The second-order valence-electron chi connectivity index (χ2n) is 3.17. The second-order valence-corrected chi connectivity index (χ2v) is 3.17. The lowest BCUT2D eigenvalue weighted by Gasteiger charge is -2.04. The van der Waals surface area contributed by atoms with E-state index in [1.54, 1.807) is 0 Å². The first-order chi connectivity index (χ1) is 8.13. The van der Waals surface area contributed by atoms with Crippen LogP contribution in [0.4, 0.5) is 8.78 Å². The SMILES string of the molecule is COC(=O)c1cc(F)c(-c2cnco2)c(F)c1. The van der Waals surface area contributed by atoms with Crippen LogP contribution in [0.25, 0.3) is 11.3 Å². The summed E-state index contributed by atoms with van der Waals surface area (Å²) in [6, 6.07) is 1.76. The minimum atomic E-state index is -0.915. The molecule has 1 aromatic heterocycles. The van der Waals surface area contributed by atoms with Gasteiger partial charge in [0, 0.05) is 0 Å². The molecule has 0 radical (unpaired) electrons. The molecule has 0 fully saturated rings. The molecule has 1 aromatic carbocycles. The van der Waals surface area contributed by atoms with Gasteiger partial charge in [-0.1, -0.05) is 0 Å². The van der Waals surface area contributed by atoms with Crippen LogP contribution >= 0.6 is 0 Å². The molecule has 0 saturated heterocycles. The van der Waals surface area contributed by atoms with Gasteiger partial charge in [-0.15, -0.1) is 0 Å². The van der Waals surface area contributed by atoms with Crippen molar-refractivity contribution in [2.24, 2.45) is 0 Å². The van der Waals surface area contributed by atoms with Crippen molar-refractivity contribution >= 4 is 5.97 Å². The van der Waals surface area contributed by atoms with Gasteiger partial charge in [0.2, 0.25) is 0 Å². The molecule has 1 heterocycles. The van der Waals surface area contributed by atoms with E-state index in [1.807, 2.05) is 0 Å². The summed E-state index contributed by atoms with van der Waals surface area (Å²) in [4.78, 5) is 14.7. The first-order valence-corrected chi connectivity index (χ1v) is 4.59. The number of benzene rings is 1. The molecule has 6 heteroatoms. The zero-order chi connectivity index (χ0) is 12.4. The Morgan fingerprint density at radius 2 is 2.00 bits per heavy atom. The zero-order valence-electron chi connectivity index (χ0n) is 8.74. The molecule has 17 heavy (non-hydrogen) atoms. The third-order valence-electron chi connectivity index (χ3n) is 2.14. The van der Waals surface area contributed by atoms with Crippen molar-refractivity contribution in [3.05, 3.63) is 41.9 Å². The Labute approximate surface area is 94.8 Å². The topological polar surface area (TPSA) is 52.3 Å². The number of rotatable bonds is 2. The number of carbonyl (C=O) groups excluding carboxylic acids is 1. The van der Waals surface area contributed by atoms with Gasteiger partial charge in [-0.25, -0.2) is 18.6 Å². The lowest BCUT2D eigenvalue weighted by Crippen LogP contribution is -2.03. The van der Waals surface area contributed by atoms with Gasteiger partial charge in [-0.2, -0.15) is 0 Å². The molecule has 2 aromatic rings. The second kappa shape index (κ2) is 4.32. The van der Waals surface area contributed by atoms with Gasteiger partial charge in [-0.3, -0.25) is 0 Å². The monoisotopic (exact) mass is 239 g/mol. The number of hydrogen-bond donors (Lipinski definition) is 0. The van der Waals surface area contributed by atoms with E-state index in [2.05, 4.69) is 9.72 Å². The first-order valence-electron chi connectivity index (χ1n) is 4.59. The minimum Gasteiger partial charge on any atom is -0.465 e. The van der Waals surface area contributed by atoms with Crippen LogP contribution in [0.2, 0.25) is 0 Å². The minimum absolute atomic E-state index is 0.0450. The normalized spacial score (nSPS) is 10.3. The average molecular weight is 239 g/mol. The summed E-state index contributed by atoms with van der Waals surface area (Å²) in [5, 5.41) is 0. The van der Waals surface area contributed by atoms with Gasteiger partial charge in [0.25, 0.3) is 0 Å². The zero-order valence-corrected chi connectivity index (χ0v) is 8.74. The van der Waals surface area contributed by atoms with Crippen LogP contribution in [-0.2, 0) is 4.74 Å². The van der Waals surface area contributed by atoms with Crippen LogP contribution in [0.1, 0.15) is 10.4 Å². The number of nitrogens with zero attached hydrogens (tertiary/aromatic N) is 1. The Hall–Kier alpha value is -2.24. The van der Waals surface area contributed by atoms with E-state index in [4.69, 9.17) is 4.42 Å². The van der Waals surface area contributed by atoms with Crippen molar-refractivity contribution in [3.63, 3.8) is 0 Å². The smallest absolute Gasteiger partial charge is 0.338 e. The molecule has 0 atom stereocenters. The highest BCUT2D eigenvalue weighted by atomic mass is 19.1. The van der Waals surface area contributed by atoms with Crippen molar-refractivity contribution < 1.29 is 22.7 Å². The molecule has 0 aliphatic carbocycles. The van der Waals surface area contributed by atoms with Crippen LogP contribution < -0.4 is 0 Å². The van der Waals surface area contributed by atoms with E-state index in [-0.39, 0.29) is 16.9 Å². The molecule has 0 aliphatic rings. The molecule has 0 N–H and O–H groups in total. The van der Waals surface area contributed by atoms with E-state index in [0.717, 1.165) is 25.6 Å². The molecular formula is C11H7F2NO3. The molecule has 2 rings (SSSR count). The summed E-state index contributed by atoms with van der Waals surface area (Å²) >= 11 is 0. The number of ether oxygens (including phenoxy) is 1. The number of esters is 1. The molecular weight excluding hydrogens is 232 g/mol. The number of oxazole rings is 1. The summed E-state index contributed by atoms with van der Waals surface area (Å²) in [7, 11) is 1.13. The highest BCUT2D eigenvalue weighted by Crippen LogP contribution is 2.26. The van der Waals surface area contributed by atoms with Crippen LogP contribution in [0, 0.1) is 11.6 Å². The lowest BCUT2D eigenvalue weighted by atomic mass is 10.1. The number of aromatic nitrogens is 1. The standard InChI is InChI=1S/C11H7F2NO3/c1-16-11(15)6-2-7(12)10(8(13)3-6)9-4-14-5-17-9/h2-5H,1H3. The van der Waals surface area contributed by atoms with Crippen molar-refractivity contribution in [3.8, 4) is 11.3 Å². The fourth-order valence-corrected chi connectivity index (χ4v) is 1.38.